The van der Waals surface area contributed by atoms with Gasteiger partial charge in [-0.2, -0.15) is 0 Å². The lowest BCUT2D eigenvalue weighted by atomic mass is 10.1. The highest BCUT2D eigenvalue weighted by Crippen LogP contribution is 2.22. The van der Waals surface area contributed by atoms with Crippen LogP contribution in [0.5, 0.6) is 0 Å². The number of unbranched alkanes of at least 4 members (excludes halogenated alkanes) is 3. The fourth-order valence-corrected chi connectivity index (χ4v) is 2.09. The normalized spacial score (nSPS) is 12.5. The average molecular weight is 308 g/mol. The Morgan fingerprint density at radius 1 is 1.36 bits per heavy atom. The molecule has 0 rings (SSSR count). The van der Waals surface area contributed by atoms with E-state index >= 15 is 0 Å². The van der Waals surface area contributed by atoms with Gasteiger partial charge in [-0.25, -0.2) is 0 Å². The van der Waals surface area contributed by atoms with E-state index in [2.05, 4.69) is 36.1 Å². The minimum absolute atomic E-state index is 0.179. The lowest BCUT2D eigenvalue weighted by Crippen LogP contribution is -1.92. The van der Waals surface area contributed by atoms with Crippen molar-refractivity contribution in [2.24, 2.45) is 0 Å². The third-order valence-corrected chi connectivity index (χ3v) is 3.52. The molecule has 0 fully saturated rings. The lowest BCUT2D eigenvalue weighted by Gasteiger charge is -2.06. The smallest absolute Gasteiger partial charge is 0.0654 e. The van der Waals surface area contributed by atoms with Gasteiger partial charge in [0.25, 0.3) is 0 Å². The van der Waals surface area contributed by atoms with E-state index in [1.807, 2.05) is 6.08 Å². The van der Waals surface area contributed by atoms with Crippen LogP contribution in [-0.4, -0.2) is 11.7 Å². The zero-order valence-electron chi connectivity index (χ0n) is 9.06. The summed E-state index contributed by atoms with van der Waals surface area (Å²) < 4.78 is 1.32. The largest absolute Gasteiger partial charge is 0.392 e. The number of hydrogen-bond acceptors (Lipinski definition) is 1. The zero-order chi connectivity index (χ0) is 10.8. The third kappa shape index (κ3) is 6.60. The molecule has 1 N–H and O–H groups in total. The van der Waals surface area contributed by atoms with Crippen LogP contribution in [0.15, 0.2) is 21.8 Å². The maximum Gasteiger partial charge on any atom is 0.0654 e. The van der Waals surface area contributed by atoms with Crippen LogP contribution < -0.4 is 0 Å². The molecule has 0 saturated carbocycles. The van der Waals surface area contributed by atoms with Crippen molar-refractivity contribution in [3.63, 3.8) is 0 Å². The highest BCUT2D eigenvalue weighted by atomic mass is 127. The number of aliphatic hydroxyl groups is 1. The Kier molecular flexibility index (Phi) is 9.83. The number of hydrogen-bond donors (Lipinski definition) is 1. The van der Waals surface area contributed by atoms with Gasteiger partial charge >= 0.3 is 0 Å². The Hall–Kier alpha value is 0.170. The summed E-state index contributed by atoms with van der Waals surface area (Å²) in [6, 6.07) is 0. The van der Waals surface area contributed by atoms with Gasteiger partial charge in [-0.1, -0.05) is 32.3 Å². The van der Waals surface area contributed by atoms with E-state index in [9.17, 15) is 0 Å². The van der Waals surface area contributed by atoms with Gasteiger partial charge in [0.2, 0.25) is 0 Å². The van der Waals surface area contributed by atoms with Gasteiger partial charge in [0.15, 0.2) is 0 Å². The molecule has 0 atom stereocenters. The minimum atomic E-state index is 0.179. The Labute approximate surface area is 101 Å². The van der Waals surface area contributed by atoms with E-state index in [1.165, 1.54) is 29.3 Å². The van der Waals surface area contributed by atoms with Gasteiger partial charge in [-0.05, 0) is 51.0 Å². The van der Waals surface area contributed by atoms with Crippen LogP contribution in [0.4, 0.5) is 0 Å². The molecule has 0 aliphatic carbocycles. The van der Waals surface area contributed by atoms with E-state index in [0.29, 0.717) is 0 Å². The van der Waals surface area contributed by atoms with Gasteiger partial charge in [-0.15, -0.1) is 6.58 Å². The van der Waals surface area contributed by atoms with E-state index in [-0.39, 0.29) is 6.61 Å². The van der Waals surface area contributed by atoms with Gasteiger partial charge in [0, 0.05) is 0 Å². The van der Waals surface area contributed by atoms with E-state index < -0.39 is 0 Å². The Morgan fingerprint density at radius 2 is 2.07 bits per heavy atom. The molecule has 0 aromatic heterocycles. The molecule has 0 bridgehead atoms. The summed E-state index contributed by atoms with van der Waals surface area (Å²) in [7, 11) is 0. The van der Waals surface area contributed by atoms with Crippen LogP contribution in [0.2, 0.25) is 0 Å². The molecule has 1 nitrogen and oxygen atoms in total. The number of allylic oxidation sites excluding steroid dienone is 2. The van der Waals surface area contributed by atoms with Crippen molar-refractivity contribution in [2.75, 3.05) is 6.61 Å². The third-order valence-electron chi connectivity index (χ3n) is 2.22. The summed E-state index contributed by atoms with van der Waals surface area (Å²) in [5.74, 6) is 0. The number of aliphatic hydroxyl groups excluding tert-OH is 1. The van der Waals surface area contributed by atoms with E-state index in [1.54, 1.807) is 0 Å². The minimum Gasteiger partial charge on any atom is -0.392 e. The first-order chi connectivity index (χ1) is 6.76. The maximum absolute atomic E-state index is 9.12. The van der Waals surface area contributed by atoms with E-state index in [4.69, 9.17) is 5.11 Å². The predicted molar refractivity (Wildman–Crippen MR) is 71.7 cm³/mol. The van der Waals surface area contributed by atoms with Crippen LogP contribution in [0, 0.1) is 0 Å². The van der Waals surface area contributed by atoms with Crippen molar-refractivity contribution >= 4 is 22.6 Å². The topological polar surface area (TPSA) is 20.2 Å². The molecule has 2 heteroatoms. The van der Waals surface area contributed by atoms with Crippen molar-refractivity contribution in [3.8, 4) is 0 Å². The first kappa shape index (κ1) is 14.2. The predicted octanol–water partition coefficient (Wildman–Crippen LogP) is 4.21. The second-order valence-electron chi connectivity index (χ2n) is 3.47. The molecule has 0 amide bonds. The van der Waals surface area contributed by atoms with Crippen LogP contribution in [0.25, 0.3) is 0 Å². The molecule has 14 heavy (non-hydrogen) atoms. The van der Waals surface area contributed by atoms with Gasteiger partial charge < -0.3 is 5.11 Å². The quantitative estimate of drug-likeness (QED) is 0.404. The maximum atomic E-state index is 9.12. The second kappa shape index (κ2) is 9.71. The fourth-order valence-electron chi connectivity index (χ4n) is 1.32. The molecular formula is C12H21IO. The summed E-state index contributed by atoms with van der Waals surface area (Å²) in [5.41, 5.74) is 1.14. The molecule has 0 aliphatic heterocycles. The molecular weight excluding hydrogens is 287 g/mol. The molecule has 0 aromatic rings. The lowest BCUT2D eigenvalue weighted by molar-refractivity contribution is 0.328. The summed E-state index contributed by atoms with van der Waals surface area (Å²) >= 11 is 2.35. The van der Waals surface area contributed by atoms with Crippen LogP contribution in [0.1, 0.15) is 45.4 Å². The average Bonchev–Trinajstić information content (AvgIpc) is 2.20. The van der Waals surface area contributed by atoms with Gasteiger partial charge in [-0.3, -0.25) is 0 Å². The number of rotatable bonds is 8. The Bertz CT molecular complexity index is 185. The Morgan fingerprint density at radius 3 is 2.57 bits per heavy atom. The summed E-state index contributed by atoms with van der Waals surface area (Å²) in [5, 5.41) is 9.12. The highest BCUT2D eigenvalue weighted by molar-refractivity contribution is 14.1. The zero-order valence-corrected chi connectivity index (χ0v) is 11.2. The standard InChI is InChI=1S/C12H21IO/c1-3-5-6-7-9-12(13)11(10-14)8-4-2/h4,14H,2-3,5-10H2,1H3/b12-11+. The van der Waals surface area contributed by atoms with Crippen molar-refractivity contribution in [2.45, 2.75) is 45.4 Å². The van der Waals surface area contributed by atoms with Crippen LogP contribution >= 0.6 is 22.6 Å². The van der Waals surface area contributed by atoms with Crippen molar-refractivity contribution in [1.29, 1.82) is 0 Å². The summed E-state index contributed by atoms with van der Waals surface area (Å²) in [6.45, 7) is 6.09. The van der Waals surface area contributed by atoms with E-state index in [0.717, 1.165) is 18.4 Å². The van der Waals surface area contributed by atoms with Crippen LogP contribution in [0.3, 0.4) is 0 Å². The van der Waals surface area contributed by atoms with Crippen molar-refractivity contribution < 1.29 is 5.11 Å². The Balaban J connectivity index is 3.86. The van der Waals surface area contributed by atoms with Crippen molar-refractivity contribution in [3.05, 3.63) is 21.8 Å². The number of halogens is 1. The molecule has 0 spiro atoms. The van der Waals surface area contributed by atoms with Gasteiger partial charge in [0.1, 0.15) is 0 Å². The van der Waals surface area contributed by atoms with Crippen molar-refractivity contribution in [1.82, 2.24) is 0 Å². The molecule has 0 aliphatic rings. The fraction of sp³-hybridized carbons (Fsp3) is 0.667. The first-order valence-corrected chi connectivity index (χ1v) is 6.42. The molecule has 0 saturated heterocycles. The molecule has 0 unspecified atom stereocenters. The molecule has 0 aromatic carbocycles. The second-order valence-corrected chi connectivity index (χ2v) is 4.77. The SMILES string of the molecule is C=CC/C(CO)=C(\I)CCCCCC. The summed E-state index contributed by atoms with van der Waals surface area (Å²) in [6.07, 6.45) is 8.94. The van der Waals surface area contributed by atoms with Crippen LogP contribution in [-0.2, 0) is 0 Å². The molecule has 0 radical (unpaired) electrons. The molecule has 0 heterocycles. The van der Waals surface area contributed by atoms with Gasteiger partial charge in [0.05, 0.1) is 6.61 Å². The highest BCUT2D eigenvalue weighted by Gasteiger charge is 2.01. The monoisotopic (exact) mass is 308 g/mol. The summed E-state index contributed by atoms with van der Waals surface area (Å²) in [4.78, 5) is 0. The molecule has 82 valence electrons. The first-order valence-electron chi connectivity index (χ1n) is 5.34.